The molecule has 1 aliphatic heterocycles. The van der Waals surface area contributed by atoms with Crippen molar-refractivity contribution in [2.75, 3.05) is 4.90 Å². The third-order valence-electron chi connectivity index (χ3n) is 5.03. The van der Waals surface area contributed by atoms with Crippen molar-refractivity contribution in [2.24, 2.45) is 11.3 Å². The summed E-state index contributed by atoms with van der Waals surface area (Å²) in [6, 6.07) is -0.0330. The van der Waals surface area contributed by atoms with Crippen LogP contribution in [-0.2, 0) is 4.79 Å². The lowest BCUT2D eigenvalue weighted by molar-refractivity contribution is -0.124. The Morgan fingerprint density at radius 3 is 2.48 bits per heavy atom. The molecule has 25 heavy (non-hydrogen) atoms. The molecule has 0 N–H and O–H groups in total. The van der Waals surface area contributed by atoms with Gasteiger partial charge in [-0.3, -0.25) is 9.69 Å². The Balaban J connectivity index is 1.78. The Hall–Kier alpha value is -2.34. The summed E-state index contributed by atoms with van der Waals surface area (Å²) in [6.07, 6.45) is 11.9. The molecule has 0 radical (unpaired) electrons. The van der Waals surface area contributed by atoms with Gasteiger partial charge in [-0.15, -0.1) is 11.3 Å². The third-order valence-corrected chi connectivity index (χ3v) is 5.94. The van der Waals surface area contributed by atoms with Crippen LogP contribution in [0, 0.1) is 25.2 Å². The molecule has 5 nitrogen and oxygen atoms in total. The zero-order valence-corrected chi connectivity index (χ0v) is 15.5. The monoisotopic (exact) mass is 352 g/mol. The summed E-state index contributed by atoms with van der Waals surface area (Å²) in [4.78, 5) is 29.1. The molecule has 0 bridgehead atoms. The summed E-state index contributed by atoms with van der Waals surface area (Å²) >= 11 is 1.56. The quantitative estimate of drug-likeness (QED) is 0.829. The van der Waals surface area contributed by atoms with Crippen LogP contribution in [0.3, 0.4) is 0 Å². The minimum absolute atomic E-state index is 0.0330. The number of carbonyl (C=O) groups is 1. The van der Waals surface area contributed by atoms with Gasteiger partial charge in [0.1, 0.15) is 5.82 Å². The average Bonchev–Trinajstić information content (AvgIpc) is 3.08. The van der Waals surface area contributed by atoms with Crippen LogP contribution in [0.25, 0.3) is 5.57 Å². The van der Waals surface area contributed by atoms with Gasteiger partial charge >= 0.3 is 0 Å². The van der Waals surface area contributed by atoms with Crippen molar-refractivity contribution in [2.45, 2.75) is 33.7 Å². The van der Waals surface area contributed by atoms with Crippen molar-refractivity contribution in [3.8, 4) is 0 Å². The maximum absolute atomic E-state index is 13.1. The van der Waals surface area contributed by atoms with Crippen molar-refractivity contribution >= 4 is 27.9 Å². The molecular weight excluding hydrogens is 332 g/mol. The van der Waals surface area contributed by atoms with Crippen LogP contribution in [0.2, 0.25) is 0 Å². The van der Waals surface area contributed by atoms with Crippen molar-refractivity contribution in [1.82, 2.24) is 15.0 Å². The predicted molar refractivity (Wildman–Crippen MR) is 99.3 cm³/mol. The van der Waals surface area contributed by atoms with Crippen LogP contribution < -0.4 is 4.90 Å². The highest BCUT2D eigenvalue weighted by Crippen LogP contribution is 2.47. The summed E-state index contributed by atoms with van der Waals surface area (Å²) in [7, 11) is 0. The molecule has 2 atom stereocenters. The number of nitrogens with zero attached hydrogens (tertiary/aromatic N) is 4. The first-order chi connectivity index (χ1) is 11.9. The van der Waals surface area contributed by atoms with Gasteiger partial charge in [-0.25, -0.2) is 15.0 Å². The number of rotatable bonds is 2. The van der Waals surface area contributed by atoms with Crippen LogP contribution in [0.4, 0.5) is 5.13 Å². The van der Waals surface area contributed by atoms with E-state index in [0.717, 1.165) is 27.0 Å². The van der Waals surface area contributed by atoms with E-state index in [1.54, 1.807) is 11.3 Å². The van der Waals surface area contributed by atoms with E-state index in [2.05, 4.69) is 33.2 Å². The molecule has 1 saturated heterocycles. The molecule has 6 heteroatoms. The number of anilines is 1. The van der Waals surface area contributed by atoms with Gasteiger partial charge in [0.15, 0.2) is 5.13 Å². The smallest absolute Gasteiger partial charge is 0.235 e. The molecule has 1 amide bonds. The Labute approximate surface area is 151 Å². The van der Waals surface area contributed by atoms with E-state index in [0.29, 0.717) is 0 Å². The van der Waals surface area contributed by atoms with Crippen molar-refractivity contribution in [1.29, 1.82) is 0 Å². The molecule has 0 spiro atoms. The van der Waals surface area contributed by atoms with Gasteiger partial charge in [-0.05, 0) is 19.4 Å². The molecule has 2 aromatic heterocycles. The van der Waals surface area contributed by atoms with E-state index >= 15 is 0 Å². The highest BCUT2D eigenvalue weighted by molar-refractivity contribution is 7.15. The van der Waals surface area contributed by atoms with Gasteiger partial charge in [0.2, 0.25) is 5.91 Å². The number of fused-ring (bicyclic) bond motifs is 1. The second-order valence-electron chi connectivity index (χ2n) is 7.17. The van der Waals surface area contributed by atoms with E-state index in [1.165, 1.54) is 0 Å². The van der Waals surface area contributed by atoms with Crippen molar-refractivity contribution in [3.63, 3.8) is 0 Å². The van der Waals surface area contributed by atoms with E-state index in [1.807, 2.05) is 51.2 Å². The number of hydrogen-bond donors (Lipinski definition) is 0. The van der Waals surface area contributed by atoms with E-state index < -0.39 is 5.41 Å². The Morgan fingerprint density at radius 1 is 1.12 bits per heavy atom. The molecule has 2 unspecified atom stereocenters. The van der Waals surface area contributed by atoms with Gasteiger partial charge < -0.3 is 0 Å². The molecule has 2 aromatic rings. The van der Waals surface area contributed by atoms with Gasteiger partial charge in [0.25, 0.3) is 0 Å². The number of hydrogen-bond acceptors (Lipinski definition) is 5. The summed E-state index contributed by atoms with van der Waals surface area (Å²) in [5.41, 5.74) is 1.56. The number of thiazole rings is 1. The van der Waals surface area contributed by atoms with Crippen molar-refractivity contribution in [3.05, 3.63) is 53.1 Å². The summed E-state index contributed by atoms with van der Waals surface area (Å²) in [6.45, 7) is 7.92. The van der Waals surface area contributed by atoms with Crippen LogP contribution in [-0.4, -0.2) is 26.9 Å². The SMILES string of the molecule is Cc1ncc(C2=CC3C(C=C2)C(C)(C)C(=O)N3c2ncc(C)s2)cn1. The topological polar surface area (TPSA) is 59.0 Å². The molecule has 2 aliphatic rings. The molecule has 4 rings (SSSR count). The fourth-order valence-corrected chi connectivity index (χ4v) is 4.36. The zero-order chi connectivity index (χ0) is 17.8. The molecule has 1 aliphatic carbocycles. The molecular formula is C19H20N4OS. The summed E-state index contributed by atoms with van der Waals surface area (Å²) < 4.78 is 0. The second kappa shape index (κ2) is 5.59. The maximum atomic E-state index is 13.1. The van der Waals surface area contributed by atoms with Gasteiger partial charge in [-0.2, -0.15) is 0 Å². The molecule has 0 saturated carbocycles. The second-order valence-corrected chi connectivity index (χ2v) is 8.38. The first kappa shape index (κ1) is 16.1. The molecule has 128 valence electrons. The molecule has 1 fully saturated rings. The van der Waals surface area contributed by atoms with Gasteiger partial charge in [0, 0.05) is 34.9 Å². The third kappa shape index (κ3) is 2.52. The normalized spacial score (nSPS) is 24.4. The summed E-state index contributed by atoms with van der Waals surface area (Å²) in [5, 5.41) is 0.772. The van der Waals surface area contributed by atoms with Crippen molar-refractivity contribution < 1.29 is 4.79 Å². The highest BCUT2D eigenvalue weighted by atomic mass is 32.1. The Bertz CT molecular complexity index is 894. The molecule has 0 aromatic carbocycles. The van der Waals surface area contributed by atoms with Gasteiger partial charge in [0.05, 0.1) is 11.5 Å². The zero-order valence-electron chi connectivity index (χ0n) is 14.7. The maximum Gasteiger partial charge on any atom is 0.235 e. The number of aryl methyl sites for hydroxylation is 2. The average molecular weight is 352 g/mol. The molecule has 3 heterocycles. The van der Waals surface area contributed by atoms with E-state index in [9.17, 15) is 4.79 Å². The van der Waals surface area contributed by atoms with Crippen LogP contribution in [0.1, 0.15) is 30.1 Å². The standard InChI is InChI=1S/C19H20N4OS/c1-11-8-22-18(25-11)23-16-7-13(14-9-20-12(2)21-10-14)5-6-15(16)19(3,4)17(23)24/h5-10,15-16H,1-4H3. The van der Waals surface area contributed by atoms with E-state index in [4.69, 9.17) is 0 Å². The number of amides is 1. The van der Waals surface area contributed by atoms with Gasteiger partial charge in [-0.1, -0.05) is 32.1 Å². The Morgan fingerprint density at radius 2 is 1.84 bits per heavy atom. The number of allylic oxidation sites excluding steroid dienone is 2. The number of aromatic nitrogens is 3. The minimum atomic E-state index is -0.452. The first-order valence-electron chi connectivity index (χ1n) is 8.33. The predicted octanol–water partition coefficient (Wildman–Crippen LogP) is 3.56. The minimum Gasteiger partial charge on any atom is -0.280 e. The largest absolute Gasteiger partial charge is 0.280 e. The lowest BCUT2D eigenvalue weighted by Crippen LogP contribution is -2.35. The Kier molecular flexibility index (Phi) is 3.61. The van der Waals surface area contributed by atoms with Crippen LogP contribution in [0.15, 0.2) is 36.8 Å². The fraction of sp³-hybridized carbons (Fsp3) is 0.368. The van der Waals surface area contributed by atoms with Crippen LogP contribution in [0.5, 0.6) is 0 Å². The summed E-state index contributed by atoms with van der Waals surface area (Å²) in [5.74, 6) is 0.998. The highest BCUT2D eigenvalue weighted by Gasteiger charge is 2.53. The number of carbonyl (C=O) groups excluding carboxylic acids is 1. The fourth-order valence-electron chi connectivity index (χ4n) is 3.56. The van der Waals surface area contributed by atoms with E-state index in [-0.39, 0.29) is 17.9 Å². The van der Waals surface area contributed by atoms with Crippen LogP contribution >= 0.6 is 11.3 Å². The lowest BCUT2D eigenvalue weighted by atomic mass is 9.75. The lowest BCUT2D eigenvalue weighted by Gasteiger charge is -2.27. The first-order valence-corrected chi connectivity index (χ1v) is 9.15.